The second-order valence-corrected chi connectivity index (χ2v) is 20.6. The first-order valence-corrected chi connectivity index (χ1v) is 26.2. The van der Waals surface area contributed by atoms with Crippen molar-refractivity contribution < 1.29 is 8.83 Å². The highest BCUT2D eigenvalue weighted by Gasteiger charge is 2.45. The molecule has 1 saturated carbocycles. The van der Waals surface area contributed by atoms with Crippen molar-refractivity contribution in [1.82, 2.24) is 4.57 Å². The van der Waals surface area contributed by atoms with Crippen LogP contribution in [0.3, 0.4) is 0 Å². The lowest BCUT2D eigenvalue weighted by Crippen LogP contribution is -2.28. The molecule has 0 radical (unpaired) electrons. The smallest absolute Gasteiger partial charge is 0.143 e. The summed E-state index contributed by atoms with van der Waals surface area (Å²) in [6.07, 6.45) is 6.10. The average molecular weight is 949 g/mol. The molecule has 3 aromatic heterocycles. The Morgan fingerprint density at radius 1 is 0.392 bits per heavy atom. The lowest BCUT2D eigenvalue weighted by Gasteiger charge is -2.36. The van der Waals surface area contributed by atoms with Crippen LogP contribution in [0.5, 0.6) is 0 Å². The van der Waals surface area contributed by atoms with Gasteiger partial charge in [-0.1, -0.05) is 177 Å². The second-order valence-electron chi connectivity index (χ2n) is 20.6. The maximum absolute atomic E-state index is 6.91. The minimum absolute atomic E-state index is 0.00149. The monoisotopic (exact) mass is 948 g/mol. The van der Waals surface area contributed by atoms with Crippen LogP contribution in [0.1, 0.15) is 43.2 Å². The Balaban J connectivity index is 0.929. The molecule has 4 nitrogen and oxygen atoms in total. The van der Waals surface area contributed by atoms with E-state index < -0.39 is 0 Å². The fourth-order valence-electron chi connectivity index (χ4n) is 13.6. The number of hydrogen-bond donors (Lipinski definition) is 0. The molecule has 0 N–H and O–H groups in total. The van der Waals surface area contributed by atoms with Crippen molar-refractivity contribution in [2.24, 2.45) is 0 Å². The number of hydrogen-bond acceptors (Lipinski definition) is 3. The van der Waals surface area contributed by atoms with Gasteiger partial charge in [0.15, 0.2) is 0 Å². The van der Waals surface area contributed by atoms with Gasteiger partial charge in [0.05, 0.1) is 27.8 Å². The standard InChI is InChI=1S/C70H48N2O2/c1-3-18-46(19-4-1)72-60-29-11-8-21-50(60)56-43-55(49-20-5-6-23-52(49)68(56)72)45-36-39-64-57(42-45)67-62(31-17-33-65(67)73-64)71(61-30-16-28-59-66(61)54-24-7-10-27-58(54)70(59)40-13-2-14-41-70)47-37-34-44(35-38-47)48-25-15-26-53-51-22-9-12-32-63(51)74-69(48)53/h1,3-12,15-39,42-43H,2,13-14,40-41H2. The Hall–Kier alpha value is -9.12. The van der Waals surface area contributed by atoms with E-state index >= 15 is 0 Å². The highest BCUT2D eigenvalue weighted by Crippen LogP contribution is 2.60. The summed E-state index contributed by atoms with van der Waals surface area (Å²) in [7, 11) is 0. The summed E-state index contributed by atoms with van der Waals surface area (Å²) in [5.41, 5.74) is 20.6. The van der Waals surface area contributed by atoms with Crippen molar-refractivity contribution in [2.75, 3.05) is 4.90 Å². The van der Waals surface area contributed by atoms with Crippen LogP contribution >= 0.6 is 0 Å². The molecule has 0 bridgehead atoms. The van der Waals surface area contributed by atoms with Crippen molar-refractivity contribution in [3.8, 4) is 39.1 Å². The molecule has 350 valence electrons. The molecule has 0 aliphatic heterocycles. The van der Waals surface area contributed by atoms with E-state index in [2.05, 4.69) is 234 Å². The predicted octanol–water partition coefficient (Wildman–Crippen LogP) is 19.8. The summed E-state index contributed by atoms with van der Waals surface area (Å²) < 4.78 is 15.9. The Bertz CT molecular complexity index is 4580. The first kappa shape index (κ1) is 41.5. The molecule has 74 heavy (non-hydrogen) atoms. The third-order valence-electron chi connectivity index (χ3n) is 16.8. The minimum Gasteiger partial charge on any atom is -0.456 e. The van der Waals surface area contributed by atoms with Crippen molar-refractivity contribution in [2.45, 2.75) is 37.5 Å². The van der Waals surface area contributed by atoms with E-state index in [1.54, 1.807) is 0 Å². The van der Waals surface area contributed by atoms with Crippen LogP contribution in [0.4, 0.5) is 17.1 Å². The maximum Gasteiger partial charge on any atom is 0.143 e. The molecular formula is C70H48N2O2. The molecule has 11 aromatic carbocycles. The third kappa shape index (κ3) is 5.91. The van der Waals surface area contributed by atoms with Crippen LogP contribution in [-0.4, -0.2) is 4.57 Å². The summed E-state index contributed by atoms with van der Waals surface area (Å²) in [5.74, 6) is 0. The van der Waals surface area contributed by atoms with Crippen LogP contribution in [0.15, 0.2) is 239 Å². The Morgan fingerprint density at radius 3 is 1.92 bits per heavy atom. The van der Waals surface area contributed by atoms with Crippen molar-refractivity contribution in [1.29, 1.82) is 0 Å². The van der Waals surface area contributed by atoms with Gasteiger partial charge in [0.2, 0.25) is 0 Å². The molecule has 2 aliphatic carbocycles. The van der Waals surface area contributed by atoms with Gasteiger partial charge in [0.25, 0.3) is 0 Å². The number of aromatic nitrogens is 1. The summed E-state index contributed by atoms with van der Waals surface area (Å²) in [6, 6.07) is 84.6. The first-order valence-electron chi connectivity index (χ1n) is 26.2. The fraction of sp³-hybridized carbons (Fsp3) is 0.0857. The van der Waals surface area contributed by atoms with Gasteiger partial charge >= 0.3 is 0 Å². The van der Waals surface area contributed by atoms with E-state index in [-0.39, 0.29) is 5.41 Å². The van der Waals surface area contributed by atoms with E-state index in [0.717, 1.165) is 77.6 Å². The second kappa shape index (κ2) is 15.9. The number of furan rings is 2. The molecule has 0 amide bonds. The lowest BCUT2D eigenvalue weighted by molar-refractivity contribution is 0.353. The molecule has 14 aromatic rings. The predicted molar refractivity (Wildman–Crippen MR) is 308 cm³/mol. The van der Waals surface area contributed by atoms with E-state index in [4.69, 9.17) is 8.83 Å². The molecular weight excluding hydrogens is 901 g/mol. The van der Waals surface area contributed by atoms with Crippen LogP contribution < -0.4 is 4.90 Å². The number of rotatable bonds is 6. The van der Waals surface area contributed by atoms with E-state index in [9.17, 15) is 0 Å². The fourth-order valence-corrected chi connectivity index (χ4v) is 13.6. The van der Waals surface area contributed by atoms with E-state index in [1.165, 1.54) is 98.2 Å². The average Bonchev–Trinajstić information content (AvgIpc) is 4.27. The number of benzene rings is 11. The maximum atomic E-state index is 6.91. The normalized spacial score (nSPS) is 14.1. The molecule has 0 atom stereocenters. The lowest BCUT2D eigenvalue weighted by atomic mass is 9.68. The molecule has 4 heteroatoms. The molecule has 0 saturated heterocycles. The largest absolute Gasteiger partial charge is 0.456 e. The first-order chi connectivity index (χ1) is 36.7. The zero-order chi connectivity index (χ0) is 48.5. The van der Waals surface area contributed by atoms with Gasteiger partial charge in [-0.2, -0.15) is 0 Å². The Morgan fingerprint density at radius 2 is 1.04 bits per heavy atom. The summed E-state index contributed by atoms with van der Waals surface area (Å²) in [6.45, 7) is 0. The van der Waals surface area contributed by atoms with Gasteiger partial charge in [-0.05, 0) is 124 Å². The molecule has 3 heterocycles. The summed E-state index contributed by atoms with van der Waals surface area (Å²) >= 11 is 0. The summed E-state index contributed by atoms with van der Waals surface area (Å²) in [5, 5.41) is 9.33. The Labute approximate surface area is 427 Å². The zero-order valence-electron chi connectivity index (χ0n) is 40.7. The highest BCUT2D eigenvalue weighted by molar-refractivity contribution is 6.23. The van der Waals surface area contributed by atoms with Crippen molar-refractivity contribution >= 4 is 93.5 Å². The molecule has 0 unspecified atom stereocenters. The topological polar surface area (TPSA) is 34.5 Å². The number of para-hydroxylation sites is 4. The van der Waals surface area contributed by atoms with Crippen LogP contribution in [0.25, 0.3) is 116 Å². The quantitative estimate of drug-likeness (QED) is 0.167. The molecule has 16 rings (SSSR count). The van der Waals surface area contributed by atoms with Gasteiger partial charge in [0.1, 0.15) is 22.3 Å². The zero-order valence-corrected chi connectivity index (χ0v) is 40.7. The van der Waals surface area contributed by atoms with Gasteiger partial charge in [0, 0.05) is 60.2 Å². The van der Waals surface area contributed by atoms with Crippen molar-refractivity contribution in [3.05, 3.63) is 242 Å². The number of nitrogens with zero attached hydrogens (tertiary/aromatic N) is 2. The Kier molecular flexibility index (Phi) is 8.94. The van der Waals surface area contributed by atoms with Gasteiger partial charge < -0.3 is 18.3 Å². The van der Waals surface area contributed by atoms with Crippen LogP contribution in [-0.2, 0) is 5.41 Å². The van der Waals surface area contributed by atoms with Gasteiger partial charge in [-0.15, -0.1) is 0 Å². The van der Waals surface area contributed by atoms with E-state index in [1.807, 2.05) is 6.07 Å². The number of fused-ring (bicyclic) bond motifs is 16. The van der Waals surface area contributed by atoms with Crippen molar-refractivity contribution in [3.63, 3.8) is 0 Å². The van der Waals surface area contributed by atoms with Crippen LogP contribution in [0.2, 0.25) is 0 Å². The molecule has 1 fully saturated rings. The van der Waals surface area contributed by atoms with Gasteiger partial charge in [-0.25, -0.2) is 0 Å². The number of anilines is 3. The molecule has 1 spiro atoms. The van der Waals surface area contributed by atoms with Gasteiger partial charge in [-0.3, -0.25) is 0 Å². The third-order valence-corrected chi connectivity index (χ3v) is 16.8. The van der Waals surface area contributed by atoms with Crippen LogP contribution in [0, 0.1) is 0 Å². The minimum atomic E-state index is 0.00149. The highest BCUT2D eigenvalue weighted by atomic mass is 16.3. The summed E-state index contributed by atoms with van der Waals surface area (Å²) in [4.78, 5) is 2.52. The SMILES string of the molecule is c1ccc(-n2c3ccccc3c3cc(-c4ccc5oc6cccc(N(c7ccc(-c8cccc9c8oc8ccccc89)cc7)c7cccc8c7-c7ccccc7C87CCCCC7)c6c5c4)c4ccccc4c32)cc1. The molecule has 2 aliphatic rings. The van der Waals surface area contributed by atoms with E-state index in [0.29, 0.717) is 0 Å².